The average Bonchev–Trinajstić information content (AvgIpc) is 2.74. The number of hydrogen-bond donors (Lipinski definition) is 0. The molecule has 0 atom stereocenters. The molecule has 4 rings (SSSR count). The van der Waals surface area contributed by atoms with Crippen molar-refractivity contribution in [1.82, 2.24) is 4.98 Å². The summed E-state index contributed by atoms with van der Waals surface area (Å²) in [7, 11) is -2.34. The SMILES string of the molecule is Cc1ccc(S(=O)(=O)N(C)c2nc3ccc(F)cc3c(C)c2-c2ccccc2)cc1. The van der Waals surface area contributed by atoms with Gasteiger partial charge in [-0.1, -0.05) is 48.0 Å². The predicted octanol–water partition coefficient (Wildman–Crippen LogP) is 5.48. The summed E-state index contributed by atoms with van der Waals surface area (Å²) in [6.07, 6.45) is 0. The third-order valence-corrected chi connectivity index (χ3v) is 6.99. The topological polar surface area (TPSA) is 50.3 Å². The molecule has 0 bridgehead atoms. The maximum absolute atomic E-state index is 13.9. The number of aromatic nitrogens is 1. The Morgan fingerprint density at radius 1 is 0.900 bits per heavy atom. The van der Waals surface area contributed by atoms with Crippen molar-refractivity contribution in [3.8, 4) is 11.1 Å². The number of rotatable bonds is 4. The van der Waals surface area contributed by atoms with Gasteiger partial charge in [-0.15, -0.1) is 0 Å². The minimum absolute atomic E-state index is 0.188. The van der Waals surface area contributed by atoms with Gasteiger partial charge in [0.15, 0.2) is 5.82 Å². The van der Waals surface area contributed by atoms with E-state index in [0.29, 0.717) is 22.3 Å². The smallest absolute Gasteiger partial charge is 0.252 e. The third kappa shape index (κ3) is 3.44. The quantitative estimate of drug-likeness (QED) is 0.439. The molecule has 0 aliphatic heterocycles. The van der Waals surface area contributed by atoms with Crippen molar-refractivity contribution in [3.63, 3.8) is 0 Å². The van der Waals surface area contributed by atoms with Gasteiger partial charge in [-0.3, -0.25) is 4.31 Å². The Labute approximate surface area is 175 Å². The summed E-state index contributed by atoms with van der Waals surface area (Å²) in [5, 5.41) is 0.652. The first-order chi connectivity index (χ1) is 14.3. The summed E-state index contributed by atoms with van der Waals surface area (Å²) in [5.74, 6) is -0.0572. The molecule has 0 saturated heterocycles. The van der Waals surface area contributed by atoms with Crippen LogP contribution in [0.2, 0.25) is 0 Å². The molecule has 6 heteroatoms. The van der Waals surface area contributed by atoms with E-state index in [2.05, 4.69) is 4.98 Å². The molecular weight excluding hydrogens is 399 g/mol. The number of aryl methyl sites for hydroxylation is 2. The molecule has 0 radical (unpaired) electrons. The van der Waals surface area contributed by atoms with Gasteiger partial charge >= 0.3 is 0 Å². The van der Waals surface area contributed by atoms with Crippen LogP contribution in [0.3, 0.4) is 0 Å². The Kier molecular flexibility index (Phi) is 5.03. The normalized spacial score (nSPS) is 11.6. The monoisotopic (exact) mass is 420 g/mol. The first-order valence-corrected chi connectivity index (χ1v) is 10.9. The van der Waals surface area contributed by atoms with E-state index in [-0.39, 0.29) is 10.7 Å². The van der Waals surface area contributed by atoms with Gasteiger partial charge in [0.1, 0.15) is 5.82 Å². The lowest BCUT2D eigenvalue weighted by atomic mass is 9.97. The number of benzene rings is 3. The first kappa shape index (κ1) is 20.0. The van der Waals surface area contributed by atoms with E-state index in [1.165, 1.54) is 23.5 Å². The minimum Gasteiger partial charge on any atom is -0.252 e. The fourth-order valence-corrected chi connectivity index (χ4v) is 4.69. The van der Waals surface area contributed by atoms with Crippen molar-refractivity contribution in [2.75, 3.05) is 11.4 Å². The fourth-order valence-electron chi connectivity index (χ4n) is 3.54. The number of fused-ring (bicyclic) bond motifs is 1. The molecule has 30 heavy (non-hydrogen) atoms. The number of hydrogen-bond acceptors (Lipinski definition) is 3. The van der Waals surface area contributed by atoms with E-state index in [0.717, 1.165) is 16.7 Å². The van der Waals surface area contributed by atoms with Crippen LogP contribution in [0, 0.1) is 19.7 Å². The second-order valence-corrected chi connectivity index (χ2v) is 9.22. The zero-order chi connectivity index (χ0) is 21.5. The van der Waals surface area contributed by atoms with Gasteiger partial charge in [0, 0.05) is 18.0 Å². The standard InChI is InChI=1S/C24H21FN2O2S/c1-16-9-12-20(13-10-16)30(28,29)27(3)24-23(18-7-5-4-6-8-18)17(2)21-15-19(25)11-14-22(21)26-24/h4-15H,1-3H3. The number of sulfonamides is 1. The summed E-state index contributed by atoms with van der Waals surface area (Å²) >= 11 is 0. The van der Waals surface area contributed by atoms with Gasteiger partial charge in [0.2, 0.25) is 0 Å². The summed E-state index contributed by atoms with van der Waals surface area (Å²) in [6.45, 7) is 3.77. The number of nitrogens with zero attached hydrogens (tertiary/aromatic N) is 2. The van der Waals surface area contributed by atoms with Crippen LogP contribution in [0.1, 0.15) is 11.1 Å². The molecule has 0 spiro atoms. The van der Waals surface area contributed by atoms with E-state index in [1.807, 2.05) is 44.2 Å². The summed E-state index contributed by atoms with van der Waals surface area (Å²) in [6, 6.07) is 20.5. The Morgan fingerprint density at radius 2 is 1.57 bits per heavy atom. The Morgan fingerprint density at radius 3 is 2.23 bits per heavy atom. The molecule has 0 amide bonds. The predicted molar refractivity (Wildman–Crippen MR) is 119 cm³/mol. The molecule has 0 aliphatic rings. The van der Waals surface area contributed by atoms with Crippen molar-refractivity contribution in [2.24, 2.45) is 0 Å². The lowest BCUT2D eigenvalue weighted by Crippen LogP contribution is -2.28. The molecule has 152 valence electrons. The summed E-state index contributed by atoms with van der Waals surface area (Å²) < 4.78 is 41.8. The van der Waals surface area contributed by atoms with Crippen LogP contribution in [-0.4, -0.2) is 20.4 Å². The molecular formula is C24H21FN2O2S. The Balaban J connectivity index is 1.99. The molecule has 0 unspecified atom stereocenters. The highest BCUT2D eigenvalue weighted by Crippen LogP contribution is 2.38. The number of anilines is 1. The lowest BCUT2D eigenvalue weighted by Gasteiger charge is -2.24. The molecule has 0 N–H and O–H groups in total. The average molecular weight is 421 g/mol. The van der Waals surface area contributed by atoms with Crippen LogP contribution in [0.15, 0.2) is 77.7 Å². The largest absolute Gasteiger partial charge is 0.265 e. The molecule has 4 nitrogen and oxygen atoms in total. The lowest BCUT2D eigenvalue weighted by molar-refractivity contribution is 0.594. The zero-order valence-electron chi connectivity index (χ0n) is 16.9. The van der Waals surface area contributed by atoms with Gasteiger partial charge < -0.3 is 0 Å². The van der Waals surface area contributed by atoms with E-state index in [9.17, 15) is 12.8 Å². The second-order valence-electron chi connectivity index (χ2n) is 7.25. The fraction of sp³-hybridized carbons (Fsp3) is 0.125. The van der Waals surface area contributed by atoms with E-state index in [1.54, 1.807) is 30.3 Å². The number of pyridine rings is 1. The summed E-state index contributed by atoms with van der Waals surface area (Å²) in [4.78, 5) is 4.83. The van der Waals surface area contributed by atoms with Crippen molar-refractivity contribution >= 4 is 26.7 Å². The van der Waals surface area contributed by atoms with Crippen molar-refractivity contribution in [1.29, 1.82) is 0 Å². The van der Waals surface area contributed by atoms with E-state index >= 15 is 0 Å². The van der Waals surface area contributed by atoms with Gasteiger partial charge in [0.25, 0.3) is 10.0 Å². The van der Waals surface area contributed by atoms with Crippen LogP contribution in [-0.2, 0) is 10.0 Å². The third-order valence-electron chi connectivity index (χ3n) is 5.23. The maximum Gasteiger partial charge on any atom is 0.265 e. The van der Waals surface area contributed by atoms with Crippen LogP contribution in [0.4, 0.5) is 10.2 Å². The Bertz CT molecular complexity index is 1340. The highest BCUT2D eigenvalue weighted by molar-refractivity contribution is 7.92. The van der Waals surface area contributed by atoms with Crippen LogP contribution >= 0.6 is 0 Å². The van der Waals surface area contributed by atoms with Crippen LogP contribution < -0.4 is 4.31 Å². The molecule has 3 aromatic carbocycles. The highest BCUT2D eigenvalue weighted by atomic mass is 32.2. The molecule has 0 saturated carbocycles. The molecule has 1 aromatic heterocycles. The minimum atomic E-state index is -3.84. The van der Waals surface area contributed by atoms with Crippen LogP contribution in [0.5, 0.6) is 0 Å². The van der Waals surface area contributed by atoms with Gasteiger partial charge in [0.05, 0.1) is 10.4 Å². The van der Waals surface area contributed by atoms with Crippen LogP contribution in [0.25, 0.3) is 22.0 Å². The first-order valence-electron chi connectivity index (χ1n) is 9.50. The zero-order valence-corrected chi connectivity index (χ0v) is 17.7. The van der Waals surface area contributed by atoms with Crippen molar-refractivity contribution in [2.45, 2.75) is 18.7 Å². The van der Waals surface area contributed by atoms with Gasteiger partial charge in [-0.05, 0) is 55.3 Å². The maximum atomic E-state index is 13.9. The van der Waals surface area contributed by atoms with Crippen molar-refractivity contribution in [3.05, 3.63) is 89.7 Å². The molecule has 0 aliphatic carbocycles. The van der Waals surface area contributed by atoms with Gasteiger partial charge in [-0.2, -0.15) is 0 Å². The summed E-state index contributed by atoms with van der Waals surface area (Å²) in [5.41, 5.74) is 3.76. The van der Waals surface area contributed by atoms with E-state index < -0.39 is 10.0 Å². The molecule has 0 fully saturated rings. The molecule has 1 heterocycles. The highest BCUT2D eigenvalue weighted by Gasteiger charge is 2.27. The van der Waals surface area contributed by atoms with Gasteiger partial charge in [-0.25, -0.2) is 17.8 Å². The second kappa shape index (κ2) is 7.54. The van der Waals surface area contributed by atoms with E-state index in [4.69, 9.17) is 0 Å². The Hall–Kier alpha value is -3.25. The molecule has 4 aromatic rings. The number of halogens is 1. The van der Waals surface area contributed by atoms with Crippen molar-refractivity contribution < 1.29 is 12.8 Å².